The summed E-state index contributed by atoms with van der Waals surface area (Å²) in [5.74, 6) is 0.393. The number of nitrogens with zero attached hydrogens (tertiary/aromatic N) is 2. The lowest BCUT2D eigenvalue weighted by molar-refractivity contribution is 0.179. The van der Waals surface area contributed by atoms with Gasteiger partial charge in [0.25, 0.3) is 0 Å². The molecule has 3 N–H and O–H groups in total. The van der Waals surface area contributed by atoms with E-state index < -0.39 is 0 Å². The van der Waals surface area contributed by atoms with Crippen LogP contribution in [0.15, 0.2) is 24.3 Å². The van der Waals surface area contributed by atoms with Gasteiger partial charge in [0, 0.05) is 18.8 Å². The van der Waals surface area contributed by atoms with Crippen molar-refractivity contribution in [3.63, 3.8) is 0 Å². The van der Waals surface area contributed by atoms with Crippen LogP contribution in [0.2, 0.25) is 0 Å². The second-order valence-electron chi connectivity index (χ2n) is 4.81. The highest BCUT2D eigenvalue weighted by atomic mass is 16.2. The lowest BCUT2D eigenvalue weighted by Gasteiger charge is -2.32. The van der Waals surface area contributed by atoms with Gasteiger partial charge in [0.05, 0.1) is 11.6 Å². The quantitative estimate of drug-likeness (QED) is 0.848. The molecule has 1 aliphatic rings. The number of likely N-dealkylation sites (tertiary alicyclic amines) is 1. The van der Waals surface area contributed by atoms with Crippen LogP contribution in [0.5, 0.6) is 0 Å². The number of urea groups is 1. The molecule has 100 valence electrons. The van der Waals surface area contributed by atoms with Crippen LogP contribution < -0.4 is 11.1 Å². The maximum atomic E-state index is 12.1. The molecule has 1 aliphatic heterocycles. The molecule has 0 radical (unpaired) electrons. The number of nitrogens with one attached hydrogen (secondary N) is 1. The molecule has 0 saturated carbocycles. The Hall–Kier alpha value is -2.06. The van der Waals surface area contributed by atoms with Gasteiger partial charge in [-0.2, -0.15) is 5.26 Å². The standard InChI is InChI=1S/C14H18N4O/c15-8-11-3-1-5-13(7-11)17-14(19)18-6-2-4-12(9-16)10-18/h1,3,5,7,12H,2,4,6,9-10,16H2,(H,17,19). The summed E-state index contributed by atoms with van der Waals surface area (Å²) in [6.07, 6.45) is 2.08. The van der Waals surface area contributed by atoms with Gasteiger partial charge in [0.15, 0.2) is 0 Å². The summed E-state index contributed by atoms with van der Waals surface area (Å²) < 4.78 is 0. The highest BCUT2D eigenvalue weighted by Crippen LogP contribution is 2.17. The molecule has 0 aliphatic carbocycles. The zero-order chi connectivity index (χ0) is 13.7. The zero-order valence-corrected chi connectivity index (χ0v) is 10.8. The zero-order valence-electron chi connectivity index (χ0n) is 10.8. The van der Waals surface area contributed by atoms with Crippen LogP contribution in [0.3, 0.4) is 0 Å². The van der Waals surface area contributed by atoms with Crippen LogP contribution in [0, 0.1) is 17.2 Å². The van der Waals surface area contributed by atoms with Crippen molar-refractivity contribution in [3.8, 4) is 6.07 Å². The van der Waals surface area contributed by atoms with Crippen molar-refractivity contribution in [1.29, 1.82) is 5.26 Å². The molecule has 0 spiro atoms. The Labute approximate surface area is 113 Å². The summed E-state index contributed by atoms with van der Waals surface area (Å²) in [5.41, 5.74) is 6.85. The lowest BCUT2D eigenvalue weighted by Crippen LogP contribution is -2.44. The molecule has 1 aromatic carbocycles. The van der Waals surface area contributed by atoms with Gasteiger partial charge in [0.1, 0.15) is 0 Å². The molecule has 1 aromatic rings. The Balaban J connectivity index is 1.98. The molecule has 1 atom stereocenters. The number of carbonyl (C=O) groups is 1. The van der Waals surface area contributed by atoms with Crippen LogP contribution in [-0.2, 0) is 0 Å². The summed E-state index contributed by atoms with van der Waals surface area (Å²) in [6, 6.07) is 8.85. The molecule has 1 unspecified atom stereocenters. The van der Waals surface area contributed by atoms with E-state index in [-0.39, 0.29) is 6.03 Å². The third-order valence-corrected chi connectivity index (χ3v) is 3.38. The largest absolute Gasteiger partial charge is 0.330 e. The van der Waals surface area contributed by atoms with Gasteiger partial charge in [-0.05, 0) is 43.5 Å². The van der Waals surface area contributed by atoms with Crippen LogP contribution in [0.25, 0.3) is 0 Å². The Morgan fingerprint density at radius 2 is 2.42 bits per heavy atom. The van der Waals surface area contributed by atoms with E-state index in [0.717, 1.165) is 19.4 Å². The van der Waals surface area contributed by atoms with E-state index in [1.807, 2.05) is 0 Å². The monoisotopic (exact) mass is 258 g/mol. The maximum Gasteiger partial charge on any atom is 0.321 e. The summed E-state index contributed by atoms with van der Waals surface area (Å²) in [4.78, 5) is 13.9. The molecular formula is C14H18N4O. The average molecular weight is 258 g/mol. The summed E-state index contributed by atoms with van der Waals surface area (Å²) in [6.45, 7) is 2.09. The lowest BCUT2D eigenvalue weighted by atomic mass is 9.99. The van der Waals surface area contributed by atoms with Gasteiger partial charge in [-0.25, -0.2) is 4.79 Å². The maximum absolute atomic E-state index is 12.1. The van der Waals surface area contributed by atoms with Crippen molar-refractivity contribution in [2.45, 2.75) is 12.8 Å². The number of rotatable bonds is 2. The Morgan fingerprint density at radius 3 is 3.16 bits per heavy atom. The second-order valence-corrected chi connectivity index (χ2v) is 4.81. The highest BCUT2D eigenvalue weighted by Gasteiger charge is 2.22. The van der Waals surface area contributed by atoms with E-state index in [2.05, 4.69) is 11.4 Å². The van der Waals surface area contributed by atoms with E-state index in [0.29, 0.717) is 30.3 Å². The number of amides is 2. The first-order valence-corrected chi connectivity index (χ1v) is 6.49. The molecule has 1 fully saturated rings. The number of nitriles is 1. The number of hydrogen-bond donors (Lipinski definition) is 2. The van der Waals surface area contributed by atoms with Crippen LogP contribution in [-0.4, -0.2) is 30.6 Å². The van der Waals surface area contributed by atoms with Crippen molar-refractivity contribution in [2.24, 2.45) is 11.7 Å². The first kappa shape index (κ1) is 13.4. The summed E-state index contributed by atoms with van der Waals surface area (Å²) >= 11 is 0. The molecular weight excluding hydrogens is 240 g/mol. The van der Waals surface area contributed by atoms with Gasteiger partial charge in [-0.3, -0.25) is 0 Å². The SMILES string of the molecule is N#Cc1cccc(NC(=O)N2CCCC(CN)C2)c1. The number of carbonyl (C=O) groups excluding carboxylic acids is 1. The van der Waals surface area contributed by atoms with Crippen molar-refractivity contribution in [1.82, 2.24) is 4.90 Å². The van der Waals surface area contributed by atoms with Gasteiger partial charge in [0.2, 0.25) is 0 Å². The van der Waals surface area contributed by atoms with E-state index >= 15 is 0 Å². The Kier molecular flexibility index (Phi) is 4.37. The smallest absolute Gasteiger partial charge is 0.321 e. The van der Waals surface area contributed by atoms with Crippen LogP contribution in [0.4, 0.5) is 10.5 Å². The molecule has 0 bridgehead atoms. The topological polar surface area (TPSA) is 82.2 Å². The van der Waals surface area contributed by atoms with Crippen LogP contribution >= 0.6 is 0 Å². The van der Waals surface area contributed by atoms with Crippen molar-refractivity contribution in [2.75, 3.05) is 25.0 Å². The second kappa shape index (κ2) is 6.21. The molecule has 2 amide bonds. The van der Waals surface area contributed by atoms with Gasteiger partial charge in [-0.15, -0.1) is 0 Å². The number of nitrogens with two attached hydrogens (primary N) is 1. The molecule has 5 heteroatoms. The number of hydrogen-bond acceptors (Lipinski definition) is 3. The molecule has 2 rings (SSSR count). The first-order chi connectivity index (χ1) is 9.22. The van der Waals surface area contributed by atoms with Gasteiger partial charge in [-0.1, -0.05) is 6.07 Å². The van der Waals surface area contributed by atoms with Crippen molar-refractivity contribution < 1.29 is 4.79 Å². The molecule has 5 nitrogen and oxygen atoms in total. The van der Waals surface area contributed by atoms with Crippen molar-refractivity contribution in [3.05, 3.63) is 29.8 Å². The number of anilines is 1. The minimum absolute atomic E-state index is 0.117. The van der Waals surface area contributed by atoms with Gasteiger partial charge < -0.3 is 16.0 Å². The minimum atomic E-state index is -0.117. The fraction of sp³-hybridized carbons (Fsp3) is 0.429. The van der Waals surface area contributed by atoms with E-state index in [1.165, 1.54) is 0 Å². The predicted molar refractivity (Wildman–Crippen MR) is 73.5 cm³/mol. The van der Waals surface area contributed by atoms with Crippen LogP contribution in [0.1, 0.15) is 18.4 Å². The molecule has 0 aromatic heterocycles. The fourth-order valence-corrected chi connectivity index (χ4v) is 2.31. The van der Waals surface area contributed by atoms with E-state index in [9.17, 15) is 4.79 Å². The van der Waals surface area contributed by atoms with E-state index in [4.69, 9.17) is 11.0 Å². The van der Waals surface area contributed by atoms with E-state index in [1.54, 1.807) is 29.2 Å². The Bertz CT molecular complexity index is 494. The van der Waals surface area contributed by atoms with Crippen molar-refractivity contribution >= 4 is 11.7 Å². The summed E-state index contributed by atoms with van der Waals surface area (Å²) in [7, 11) is 0. The third-order valence-electron chi connectivity index (χ3n) is 3.38. The Morgan fingerprint density at radius 1 is 1.58 bits per heavy atom. The molecule has 1 heterocycles. The summed E-state index contributed by atoms with van der Waals surface area (Å²) in [5, 5.41) is 11.7. The predicted octanol–water partition coefficient (Wildman–Crippen LogP) is 1.76. The number of benzene rings is 1. The first-order valence-electron chi connectivity index (χ1n) is 6.49. The molecule has 19 heavy (non-hydrogen) atoms. The highest BCUT2D eigenvalue weighted by molar-refractivity contribution is 5.89. The normalized spacial score (nSPS) is 18.7. The third kappa shape index (κ3) is 3.46. The average Bonchev–Trinajstić information content (AvgIpc) is 2.47. The fourth-order valence-electron chi connectivity index (χ4n) is 2.31. The molecule has 1 saturated heterocycles. The minimum Gasteiger partial charge on any atom is -0.330 e. The van der Waals surface area contributed by atoms with Gasteiger partial charge >= 0.3 is 6.03 Å². The number of piperidine rings is 1.